The first kappa shape index (κ1) is 13.7. The van der Waals surface area contributed by atoms with Crippen molar-refractivity contribution < 1.29 is 19.1 Å². The highest BCUT2D eigenvalue weighted by molar-refractivity contribution is 8.06. The first-order valence-electron chi connectivity index (χ1n) is 4.02. The lowest BCUT2D eigenvalue weighted by Gasteiger charge is -2.19. The summed E-state index contributed by atoms with van der Waals surface area (Å²) in [5, 5.41) is 0. The van der Waals surface area contributed by atoms with Crippen molar-refractivity contribution in [1.82, 2.24) is 4.90 Å². The highest BCUT2D eigenvalue weighted by atomic mass is 32.5. The molecule has 0 aromatic rings. The van der Waals surface area contributed by atoms with Gasteiger partial charge in [-0.3, -0.25) is 4.79 Å². The first-order chi connectivity index (χ1) is 6.40. The molecule has 14 heavy (non-hydrogen) atoms. The standard InChI is InChI=1S/C7H14NO4PS/c1-3-7(9)8(4-2)5-6-12-13(10,11)14/h3H,1,4-6H2,2H3,(H2,10,11,14). The molecule has 0 aliphatic heterocycles. The van der Waals surface area contributed by atoms with E-state index in [9.17, 15) is 4.79 Å². The summed E-state index contributed by atoms with van der Waals surface area (Å²) in [7, 11) is 0. The zero-order chi connectivity index (χ0) is 11.2. The van der Waals surface area contributed by atoms with Gasteiger partial charge >= 0.3 is 6.72 Å². The number of hydrogen-bond donors (Lipinski definition) is 2. The van der Waals surface area contributed by atoms with Crippen molar-refractivity contribution in [2.75, 3.05) is 19.7 Å². The van der Waals surface area contributed by atoms with Gasteiger partial charge in [0.25, 0.3) is 0 Å². The average Bonchev–Trinajstić information content (AvgIpc) is 2.09. The van der Waals surface area contributed by atoms with Crippen LogP contribution in [0.15, 0.2) is 12.7 Å². The van der Waals surface area contributed by atoms with Gasteiger partial charge in [-0.2, -0.15) is 0 Å². The summed E-state index contributed by atoms with van der Waals surface area (Å²) >= 11 is 4.24. The van der Waals surface area contributed by atoms with Gasteiger partial charge in [0.05, 0.1) is 6.61 Å². The molecule has 0 fully saturated rings. The van der Waals surface area contributed by atoms with Crippen molar-refractivity contribution >= 4 is 24.4 Å². The molecule has 0 radical (unpaired) electrons. The van der Waals surface area contributed by atoms with Crippen molar-refractivity contribution in [2.45, 2.75) is 6.92 Å². The Morgan fingerprint density at radius 1 is 1.71 bits per heavy atom. The van der Waals surface area contributed by atoms with E-state index in [4.69, 9.17) is 9.79 Å². The number of amides is 1. The summed E-state index contributed by atoms with van der Waals surface area (Å²) in [5.74, 6) is -0.222. The fourth-order valence-corrected chi connectivity index (χ4v) is 1.37. The second-order valence-electron chi connectivity index (χ2n) is 2.45. The SMILES string of the molecule is C=CC(=O)N(CC)CCOP(O)(O)=S. The zero-order valence-electron chi connectivity index (χ0n) is 7.92. The molecule has 0 bridgehead atoms. The Kier molecular flexibility index (Phi) is 6.15. The van der Waals surface area contributed by atoms with E-state index >= 15 is 0 Å². The van der Waals surface area contributed by atoms with E-state index in [1.165, 1.54) is 11.0 Å². The number of hydrogen-bond acceptors (Lipinski definition) is 3. The van der Waals surface area contributed by atoms with Crippen LogP contribution in [0.4, 0.5) is 0 Å². The van der Waals surface area contributed by atoms with Gasteiger partial charge in [-0.25, -0.2) is 0 Å². The van der Waals surface area contributed by atoms with Gasteiger partial charge in [0.1, 0.15) is 0 Å². The van der Waals surface area contributed by atoms with Gasteiger partial charge in [0.2, 0.25) is 5.91 Å². The average molecular weight is 239 g/mol. The molecule has 7 heteroatoms. The van der Waals surface area contributed by atoms with E-state index in [0.717, 1.165) is 0 Å². The normalized spacial score (nSPS) is 11.1. The van der Waals surface area contributed by atoms with Crippen LogP contribution in [-0.4, -0.2) is 40.3 Å². The summed E-state index contributed by atoms with van der Waals surface area (Å²) in [5.41, 5.74) is 0. The Balaban J connectivity index is 3.91. The third kappa shape index (κ3) is 6.23. The van der Waals surface area contributed by atoms with Crippen LogP contribution in [0.5, 0.6) is 0 Å². The van der Waals surface area contributed by atoms with Crippen LogP contribution in [0.2, 0.25) is 0 Å². The Bertz CT molecular complexity index is 252. The van der Waals surface area contributed by atoms with E-state index < -0.39 is 6.72 Å². The number of carbonyl (C=O) groups excluding carboxylic acids is 1. The van der Waals surface area contributed by atoms with Gasteiger partial charge in [0, 0.05) is 13.1 Å². The first-order valence-corrected chi connectivity index (χ1v) is 6.64. The lowest BCUT2D eigenvalue weighted by molar-refractivity contribution is -0.126. The van der Waals surface area contributed by atoms with Crippen LogP contribution in [0.3, 0.4) is 0 Å². The molecule has 0 saturated heterocycles. The highest BCUT2D eigenvalue weighted by Crippen LogP contribution is 2.35. The van der Waals surface area contributed by atoms with Gasteiger partial charge in [-0.05, 0) is 24.8 Å². The minimum Gasteiger partial charge on any atom is -0.337 e. The Morgan fingerprint density at radius 3 is 2.64 bits per heavy atom. The molecule has 0 unspecified atom stereocenters. The van der Waals surface area contributed by atoms with Crippen LogP contribution < -0.4 is 0 Å². The van der Waals surface area contributed by atoms with E-state index in [1.807, 2.05) is 0 Å². The third-order valence-electron chi connectivity index (χ3n) is 1.49. The van der Waals surface area contributed by atoms with Crippen LogP contribution in [0.1, 0.15) is 6.92 Å². The maximum Gasteiger partial charge on any atom is 0.321 e. The summed E-state index contributed by atoms with van der Waals surface area (Å²) in [6.07, 6.45) is 1.19. The van der Waals surface area contributed by atoms with E-state index in [-0.39, 0.29) is 19.1 Å². The van der Waals surface area contributed by atoms with Crippen LogP contribution in [0.25, 0.3) is 0 Å². The van der Waals surface area contributed by atoms with Crippen molar-refractivity contribution in [2.24, 2.45) is 0 Å². The number of nitrogens with zero attached hydrogens (tertiary/aromatic N) is 1. The monoisotopic (exact) mass is 239 g/mol. The van der Waals surface area contributed by atoms with Gasteiger partial charge in [-0.1, -0.05) is 6.58 Å². The zero-order valence-corrected chi connectivity index (χ0v) is 9.63. The van der Waals surface area contributed by atoms with E-state index in [2.05, 4.69) is 22.9 Å². The molecule has 0 atom stereocenters. The minimum atomic E-state index is -3.60. The number of rotatable bonds is 6. The molecule has 0 heterocycles. The Hall–Kier alpha value is -0.260. The second-order valence-corrected chi connectivity index (χ2v) is 5.11. The predicted octanol–water partition coefficient (Wildman–Crippen LogP) is 0.247. The topological polar surface area (TPSA) is 70.0 Å². The molecule has 1 amide bonds. The third-order valence-corrected chi connectivity index (χ3v) is 2.32. The molecule has 2 N–H and O–H groups in total. The molecule has 82 valence electrons. The molecule has 5 nitrogen and oxygen atoms in total. The van der Waals surface area contributed by atoms with Crippen molar-refractivity contribution in [1.29, 1.82) is 0 Å². The molecular formula is C7H14NO4PS. The van der Waals surface area contributed by atoms with E-state index in [1.54, 1.807) is 6.92 Å². The molecule has 0 aliphatic carbocycles. The van der Waals surface area contributed by atoms with Crippen molar-refractivity contribution in [3.05, 3.63) is 12.7 Å². The van der Waals surface area contributed by atoms with Crippen molar-refractivity contribution in [3.63, 3.8) is 0 Å². The van der Waals surface area contributed by atoms with Gasteiger partial charge in [0.15, 0.2) is 0 Å². The highest BCUT2D eigenvalue weighted by Gasteiger charge is 2.11. The summed E-state index contributed by atoms with van der Waals surface area (Å²) in [6, 6.07) is 0. The van der Waals surface area contributed by atoms with Gasteiger partial charge < -0.3 is 19.2 Å². The lowest BCUT2D eigenvalue weighted by atomic mass is 10.4. The second kappa shape index (κ2) is 6.27. The molecule has 0 aromatic carbocycles. The van der Waals surface area contributed by atoms with Gasteiger partial charge in [-0.15, -0.1) is 0 Å². The molecule has 0 aromatic heterocycles. The molecular weight excluding hydrogens is 225 g/mol. The Morgan fingerprint density at radius 2 is 2.29 bits per heavy atom. The molecule has 0 aliphatic rings. The maximum absolute atomic E-state index is 11.1. The van der Waals surface area contributed by atoms with Crippen molar-refractivity contribution in [3.8, 4) is 0 Å². The fourth-order valence-electron chi connectivity index (χ4n) is 0.823. The summed E-state index contributed by atoms with van der Waals surface area (Å²) in [6.45, 7) is 2.33. The van der Waals surface area contributed by atoms with E-state index in [0.29, 0.717) is 6.54 Å². The minimum absolute atomic E-state index is 0.0116. The molecule has 0 rings (SSSR count). The largest absolute Gasteiger partial charge is 0.337 e. The number of carbonyl (C=O) groups is 1. The number of likely N-dealkylation sites (N-methyl/N-ethyl adjacent to an activating group) is 1. The Labute approximate surface area is 88.2 Å². The van der Waals surface area contributed by atoms with Crippen LogP contribution in [-0.2, 0) is 21.1 Å². The van der Waals surface area contributed by atoms with Crippen LogP contribution >= 0.6 is 6.72 Å². The predicted molar refractivity (Wildman–Crippen MR) is 57.1 cm³/mol. The quantitative estimate of drug-likeness (QED) is 0.513. The lowest BCUT2D eigenvalue weighted by Crippen LogP contribution is -2.32. The molecule has 0 spiro atoms. The fraction of sp³-hybridized carbons (Fsp3) is 0.571. The van der Waals surface area contributed by atoms with Crippen LogP contribution in [0, 0.1) is 0 Å². The summed E-state index contributed by atoms with van der Waals surface area (Å²) in [4.78, 5) is 30.0. The smallest absolute Gasteiger partial charge is 0.321 e. The maximum atomic E-state index is 11.1. The summed E-state index contributed by atoms with van der Waals surface area (Å²) < 4.78 is 4.57. The molecule has 0 saturated carbocycles.